The van der Waals surface area contributed by atoms with E-state index in [0.29, 0.717) is 27.7 Å². The van der Waals surface area contributed by atoms with Crippen molar-refractivity contribution < 1.29 is 42.9 Å². The summed E-state index contributed by atoms with van der Waals surface area (Å²) in [5, 5.41) is 35.7. The number of hydrogen-bond donors (Lipinski definition) is 5. The van der Waals surface area contributed by atoms with E-state index in [2.05, 4.69) is 19.9 Å². The Bertz CT molecular complexity index is 3170. The van der Waals surface area contributed by atoms with Crippen molar-refractivity contribution in [3.05, 3.63) is 184 Å². The van der Waals surface area contributed by atoms with Crippen molar-refractivity contribution in [1.82, 2.24) is 24.8 Å². The molecule has 2 unspecified atom stereocenters. The first-order valence-corrected chi connectivity index (χ1v) is 19.2. The van der Waals surface area contributed by atoms with Gasteiger partial charge in [-0.3, -0.25) is 19.4 Å². The Morgan fingerprint density at radius 2 is 1.23 bits per heavy atom. The van der Waals surface area contributed by atoms with E-state index in [1.54, 1.807) is 54.6 Å². The Balaban J connectivity index is 1.03. The second kappa shape index (κ2) is 13.6. The molecule has 2 atom stereocenters. The second-order valence-corrected chi connectivity index (χ2v) is 15.2. The molecule has 2 aliphatic heterocycles. The quantitative estimate of drug-likeness (QED) is 0.106. The SMILES string of the molecule is Cc1cc(N2C(=O)c3ccccc3C2(O)c2ccc3[nH]c(N(C(=O)O)c4nc5cc(C6(O)c7ccccc7C(=O)N6Cc6ccccc6)ccc5[nH]4)nc3c2)cc(C(F)(F)F)c1. The Hall–Kier alpha value is -7.82. The van der Waals surface area contributed by atoms with Crippen LogP contribution in [0.1, 0.15) is 59.7 Å². The van der Waals surface area contributed by atoms with E-state index in [9.17, 15) is 42.9 Å². The maximum Gasteiger partial charge on any atom is 0.421 e. The Morgan fingerprint density at radius 1 is 0.694 bits per heavy atom. The highest BCUT2D eigenvalue weighted by molar-refractivity contribution is 6.12. The molecule has 0 saturated heterocycles. The fraction of sp³-hybridized carbons (Fsp3) is 0.109. The van der Waals surface area contributed by atoms with Gasteiger partial charge in [0.25, 0.3) is 11.8 Å². The van der Waals surface area contributed by atoms with Crippen LogP contribution in [0.4, 0.5) is 35.5 Å². The number of carboxylic acid groups (broad SMARTS) is 1. The van der Waals surface area contributed by atoms with Crippen LogP contribution in [-0.4, -0.2) is 58.1 Å². The zero-order valence-electron chi connectivity index (χ0n) is 32.3. The van der Waals surface area contributed by atoms with Gasteiger partial charge in [0.15, 0.2) is 11.4 Å². The molecule has 0 aliphatic carbocycles. The molecule has 0 saturated carbocycles. The number of aromatic amines is 2. The van der Waals surface area contributed by atoms with E-state index >= 15 is 0 Å². The average Bonchev–Trinajstić information content (AvgIpc) is 3.98. The largest absolute Gasteiger partial charge is 0.464 e. The molecule has 13 nitrogen and oxygen atoms in total. The van der Waals surface area contributed by atoms with Gasteiger partial charge in [0, 0.05) is 45.6 Å². The van der Waals surface area contributed by atoms with Gasteiger partial charge in [-0.05, 0) is 72.6 Å². The lowest BCUT2D eigenvalue weighted by molar-refractivity contribution is -0.137. The highest BCUT2D eigenvalue weighted by atomic mass is 19.4. The number of anilines is 3. The fourth-order valence-corrected chi connectivity index (χ4v) is 8.59. The van der Waals surface area contributed by atoms with Gasteiger partial charge in [0.1, 0.15) is 0 Å². The number of carbonyl (C=O) groups excluding carboxylic acids is 2. The molecule has 0 spiro atoms. The minimum atomic E-state index is -4.73. The van der Waals surface area contributed by atoms with Crippen LogP contribution in [0.2, 0.25) is 0 Å². The lowest BCUT2D eigenvalue weighted by Crippen LogP contribution is -2.45. The molecule has 308 valence electrons. The molecule has 2 aliphatic rings. The first-order valence-electron chi connectivity index (χ1n) is 19.2. The van der Waals surface area contributed by atoms with Gasteiger partial charge < -0.3 is 25.3 Å². The van der Waals surface area contributed by atoms with Crippen molar-refractivity contribution in [3.63, 3.8) is 0 Å². The van der Waals surface area contributed by atoms with Crippen LogP contribution in [-0.2, 0) is 24.2 Å². The molecule has 5 N–H and O–H groups in total. The molecule has 8 aromatic rings. The van der Waals surface area contributed by atoms with Crippen LogP contribution in [0.3, 0.4) is 0 Å². The number of aryl methyl sites for hydroxylation is 1. The van der Waals surface area contributed by atoms with E-state index < -0.39 is 35.2 Å². The summed E-state index contributed by atoms with van der Waals surface area (Å²) in [5.74, 6) is -1.46. The maximum absolute atomic E-state index is 14.0. The highest BCUT2D eigenvalue weighted by Gasteiger charge is 2.52. The number of amides is 3. The molecule has 0 radical (unpaired) electrons. The topological polar surface area (TPSA) is 179 Å². The number of benzene rings is 6. The smallest absolute Gasteiger partial charge is 0.421 e. The summed E-state index contributed by atoms with van der Waals surface area (Å²) in [6.45, 7) is 1.55. The molecular formula is C46H32F3N7O6. The van der Waals surface area contributed by atoms with Crippen molar-refractivity contribution in [1.29, 1.82) is 0 Å². The van der Waals surface area contributed by atoms with Crippen molar-refractivity contribution >= 4 is 57.6 Å². The third-order valence-corrected chi connectivity index (χ3v) is 11.4. The van der Waals surface area contributed by atoms with Crippen molar-refractivity contribution in [3.8, 4) is 0 Å². The summed E-state index contributed by atoms with van der Waals surface area (Å²) in [5.41, 5.74) is -1.92. The number of hydrogen-bond acceptors (Lipinski definition) is 7. The number of rotatable bonds is 7. The first-order chi connectivity index (χ1) is 29.7. The summed E-state index contributed by atoms with van der Waals surface area (Å²) in [7, 11) is 0. The summed E-state index contributed by atoms with van der Waals surface area (Å²) in [4.78, 5) is 58.8. The highest BCUT2D eigenvalue weighted by Crippen LogP contribution is 2.47. The Kier molecular flexibility index (Phi) is 8.42. The van der Waals surface area contributed by atoms with E-state index in [1.807, 2.05) is 30.3 Å². The number of fused-ring (bicyclic) bond motifs is 4. The second-order valence-electron chi connectivity index (χ2n) is 15.2. The number of nitrogens with one attached hydrogen (secondary N) is 2. The number of aliphatic hydroxyl groups is 2. The number of nitrogens with zero attached hydrogens (tertiary/aromatic N) is 5. The van der Waals surface area contributed by atoms with E-state index in [-0.39, 0.29) is 63.3 Å². The number of aromatic nitrogens is 4. The lowest BCUT2D eigenvalue weighted by Gasteiger charge is -2.35. The predicted octanol–water partition coefficient (Wildman–Crippen LogP) is 8.29. The maximum atomic E-state index is 14.0. The molecule has 6 aromatic carbocycles. The zero-order valence-corrected chi connectivity index (χ0v) is 32.3. The predicted molar refractivity (Wildman–Crippen MR) is 221 cm³/mol. The van der Waals surface area contributed by atoms with E-state index in [0.717, 1.165) is 27.5 Å². The summed E-state index contributed by atoms with van der Waals surface area (Å²) >= 11 is 0. The molecule has 4 heterocycles. The van der Waals surface area contributed by atoms with Gasteiger partial charge in [0.05, 0.1) is 27.6 Å². The van der Waals surface area contributed by atoms with Gasteiger partial charge in [-0.15, -0.1) is 0 Å². The summed E-state index contributed by atoms with van der Waals surface area (Å²) in [6, 6.07) is 34.6. The third-order valence-electron chi connectivity index (χ3n) is 11.4. The van der Waals surface area contributed by atoms with Crippen molar-refractivity contribution in [2.45, 2.75) is 31.1 Å². The standard InChI is InChI=1S/C46H32F3N7O6/c1-25-19-29(46(47,48)49)21-30(20-25)56-40(58)32-12-6-8-14-34(32)45(56,62)28-16-18-36-38(23-28)53-42(51-36)55(43(59)60)41-50-35-17-15-27(22-37(35)52-41)44(61)33-13-7-5-11-31(33)39(57)54(44)24-26-9-3-2-4-10-26/h2-23,61-62H,24H2,1H3,(H,50,52)(H,51,53)(H,59,60). The number of alkyl halides is 3. The number of imidazole rings is 2. The third kappa shape index (κ3) is 5.75. The van der Waals surface area contributed by atoms with Crippen LogP contribution in [0.15, 0.2) is 133 Å². The van der Waals surface area contributed by atoms with Crippen LogP contribution in [0.25, 0.3) is 22.1 Å². The Labute approximate surface area is 348 Å². The van der Waals surface area contributed by atoms with E-state index in [4.69, 9.17) is 0 Å². The molecule has 62 heavy (non-hydrogen) atoms. The molecule has 16 heteroatoms. The van der Waals surface area contributed by atoms with Crippen LogP contribution in [0.5, 0.6) is 0 Å². The lowest BCUT2D eigenvalue weighted by atomic mass is 9.93. The van der Waals surface area contributed by atoms with Crippen molar-refractivity contribution in [2.75, 3.05) is 9.80 Å². The van der Waals surface area contributed by atoms with E-state index in [1.165, 1.54) is 48.2 Å². The van der Waals surface area contributed by atoms with Gasteiger partial charge in [-0.1, -0.05) is 78.9 Å². The molecule has 10 rings (SSSR count). The van der Waals surface area contributed by atoms with Crippen LogP contribution < -0.4 is 9.80 Å². The molecule has 2 aromatic heterocycles. The van der Waals surface area contributed by atoms with Crippen molar-refractivity contribution in [2.24, 2.45) is 0 Å². The molecule has 3 amide bonds. The summed E-state index contributed by atoms with van der Waals surface area (Å²) in [6.07, 6.45) is -6.21. The van der Waals surface area contributed by atoms with Gasteiger partial charge in [-0.25, -0.2) is 14.8 Å². The average molecular weight is 836 g/mol. The molecular weight excluding hydrogens is 804 g/mol. The Morgan fingerprint density at radius 3 is 1.81 bits per heavy atom. The summed E-state index contributed by atoms with van der Waals surface area (Å²) < 4.78 is 41.9. The number of halogens is 3. The van der Waals surface area contributed by atoms with Gasteiger partial charge >= 0.3 is 12.3 Å². The number of H-pyrrole nitrogens is 2. The number of carbonyl (C=O) groups is 3. The first kappa shape index (κ1) is 38.4. The van der Waals surface area contributed by atoms with Crippen LogP contribution >= 0.6 is 0 Å². The molecule has 0 bridgehead atoms. The minimum Gasteiger partial charge on any atom is -0.464 e. The fourth-order valence-electron chi connectivity index (χ4n) is 8.59. The van der Waals surface area contributed by atoms with Gasteiger partial charge in [-0.2, -0.15) is 18.1 Å². The minimum absolute atomic E-state index is 0.0702. The molecule has 0 fully saturated rings. The monoisotopic (exact) mass is 835 g/mol. The van der Waals surface area contributed by atoms with Crippen LogP contribution in [0, 0.1) is 6.92 Å². The zero-order chi connectivity index (χ0) is 43.3. The normalized spacial score (nSPS) is 18.5. The van der Waals surface area contributed by atoms with Gasteiger partial charge in [0.2, 0.25) is 11.9 Å².